The fraction of sp³-hybridized carbons (Fsp3) is 0.615. The summed E-state index contributed by atoms with van der Waals surface area (Å²) in [6.45, 7) is 4.34. The number of halogens is 4. The van der Waals surface area contributed by atoms with Crippen molar-refractivity contribution in [1.29, 1.82) is 0 Å². The third-order valence-corrected chi connectivity index (χ3v) is 3.05. The van der Waals surface area contributed by atoms with E-state index in [0.717, 1.165) is 0 Å². The highest BCUT2D eigenvalue weighted by Crippen LogP contribution is 2.22. The lowest BCUT2D eigenvalue weighted by Gasteiger charge is -2.20. The molecular weight excluding hydrogens is 291 g/mol. The van der Waals surface area contributed by atoms with Crippen molar-refractivity contribution in [1.82, 2.24) is 10.3 Å². The van der Waals surface area contributed by atoms with Crippen molar-refractivity contribution in [2.75, 3.05) is 18.5 Å². The summed E-state index contributed by atoms with van der Waals surface area (Å²) in [5, 5.41) is 3.69. The predicted octanol–water partition coefficient (Wildman–Crippen LogP) is 3.62. The molecule has 0 saturated heterocycles. The summed E-state index contributed by atoms with van der Waals surface area (Å²) < 4.78 is 36.6. The van der Waals surface area contributed by atoms with E-state index in [-0.39, 0.29) is 12.6 Å². The molecule has 114 valence electrons. The van der Waals surface area contributed by atoms with Crippen molar-refractivity contribution in [3.63, 3.8) is 0 Å². The first kappa shape index (κ1) is 17.0. The van der Waals surface area contributed by atoms with Crippen LogP contribution in [0.3, 0.4) is 0 Å². The Hall–Kier alpha value is -1.01. The Morgan fingerprint density at radius 3 is 2.55 bits per heavy atom. The fourth-order valence-corrected chi connectivity index (χ4v) is 1.69. The molecule has 0 amide bonds. The highest BCUT2D eigenvalue weighted by Gasteiger charge is 2.27. The van der Waals surface area contributed by atoms with Gasteiger partial charge in [-0.3, -0.25) is 0 Å². The van der Waals surface area contributed by atoms with Gasteiger partial charge in [-0.1, -0.05) is 25.4 Å². The summed E-state index contributed by atoms with van der Waals surface area (Å²) >= 11 is 6.03. The predicted molar refractivity (Wildman–Crippen MR) is 75.2 cm³/mol. The maximum absolute atomic E-state index is 12.2. The van der Waals surface area contributed by atoms with Crippen LogP contribution < -0.4 is 10.2 Å². The molecule has 20 heavy (non-hydrogen) atoms. The molecule has 0 spiro atoms. The van der Waals surface area contributed by atoms with Crippen molar-refractivity contribution >= 4 is 17.4 Å². The summed E-state index contributed by atoms with van der Waals surface area (Å²) in [4.78, 5) is 5.78. The van der Waals surface area contributed by atoms with E-state index in [1.807, 2.05) is 13.8 Å². The Balaban J connectivity index is 2.73. The maximum atomic E-state index is 12.2. The third-order valence-electron chi connectivity index (χ3n) is 2.70. The van der Waals surface area contributed by atoms with Crippen molar-refractivity contribution in [3.05, 3.63) is 22.8 Å². The Kier molecular flexibility index (Phi) is 6.07. The molecule has 1 aromatic heterocycles. The molecule has 0 aliphatic heterocycles. The van der Waals surface area contributed by atoms with Gasteiger partial charge in [-0.2, -0.15) is 13.2 Å². The van der Waals surface area contributed by atoms with Crippen molar-refractivity contribution < 1.29 is 13.2 Å². The van der Waals surface area contributed by atoms with E-state index in [0.29, 0.717) is 23.1 Å². The molecule has 1 N–H and O–H groups in total. The molecule has 7 heteroatoms. The van der Waals surface area contributed by atoms with Gasteiger partial charge in [0.2, 0.25) is 0 Å². The van der Waals surface area contributed by atoms with E-state index in [1.165, 1.54) is 4.90 Å². The molecule has 0 radical (unpaired) electrons. The SMILES string of the molecule is CC(C)NCc1nc(N(C)CCC(F)(F)F)ccc1Cl. The van der Waals surface area contributed by atoms with E-state index in [4.69, 9.17) is 11.6 Å². The number of rotatable bonds is 6. The average molecular weight is 310 g/mol. The van der Waals surface area contributed by atoms with Crippen LogP contribution in [0, 0.1) is 0 Å². The maximum Gasteiger partial charge on any atom is 0.390 e. The summed E-state index contributed by atoms with van der Waals surface area (Å²) in [6.07, 6.45) is -5.03. The van der Waals surface area contributed by atoms with Gasteiger partial charge in [-0.05, 0) is 12.1 Å². The highest BCUT2D eigenvalue weighted by molar-refractivity contribution is 6.31. The van der Waals surface area contributed by atoms with E-state index in [2.05, 4.69) is 10.3 Å². The summed E-state index contributed by atoms with van der Waals surface area (Å²) in [5.74, 6) is 0.485. The van der Waals surface area contributed by atoms with Gasteiger partial charge < -0.3 is 10.2 Å². The summed E-state index contributed by atoms with van der Waals surface area (Å²) in [7, 11) is 1.58. The topological polar surface area (TPSA) is 28.2 Å². The minimum Gasteiger partial charge on any atom is -0.359 e. The number of pyridine rings is 1. The quantitative estimate of drug-likeness (QED) is 0.870. The van der Waals surface area contributed by atoms with Gasteiger partial charge in [-0.15, -0.1) is 0 Å². The van der Waals surface area contributed by atoms with E-state index in [1.54, 1.807) is 19.2 Å². The van der Waals surface area contributed by atoms with Crippen LogP contribution in [0.4, 0.5) is 19.0 Å². The molecular formula is C13H19ClF3N3. The number of hydrogen-bond donors (Lipinski definition) is 1. The van der Waals surface area contributed by atoms with Gasteiger partial charge in [0, 0.05) is 26.2 Å². The number of anilines is 1. The molecule has 0 fully saturated rings. The lowest BCUT2D eigenvalue weighted by molar-refractivity contribution is -0.132. The molecule has 0 aliphatic carbocycles. The van der Waals surface area contributed by atoms with Crippen LogP contribution in [-0.2, 0) is 6.54 Å². The molecule has 1 heterocycles. The number of aromatic nitrogens is 1. The normalized spacial score (nSPS) is 12.0. The summed E-state index contributed by atoms with van der Waals surface area (Å²) in [5.41, 5.74) is 0.636. The van der Waals surface area contributed by atoms with Crippen LogP contribution in [0.5, 0.6) is 0 Å². The Bertz CT molecular complexity index is 435. The van der Waals surface area contributed by atoms with Gasteiger partial charge in [0.15, 0.2) is 0 Å². The second kappa shape index (κ2) is 7.13. The second-order valence-electron chi connectivity index (χ2n) is 4.92. The Morgan fingerprint density at radius 1 is 1.35 bits per heavy atom. The van der Waals surface area contributed by atoms with Gasteiger partial charge >= 0.3 is 6.18 Å². The first-order chi connectivity index (χ1) is 9.19. The minimum atomic E-state index is -4.16. The lowest BCUT2D eigenvalue weighted by Crippen LogP contribution is -2.26. The van der Waals surface area contributed by atoms with Crippen molar-refractivity contribution in [2.45, 2.75) is 39.0 Å². The molecule has 0 aromatic carbocycles. The van der Waals surface area contributed by atoms with Gasteiger partial charge in [0.1, 0.15) is 5.82 Å². The molecule has 0 atom stereocenters. The largest absolute Gasteiger partial charge is 0.390 e. The zero-order valence-corrected chi connectivity index (χ0v) is 12.5. The molecule has 1 rings (SSSR count). The van der Waals surface area contributed by atoms with Crippen LogP contribution in [0.2, 0.25) is 5.02 Å². The van der Waals surface area contributed by atoms with Crippen LogP contribution >= 0.6 is 11.6 Å². The Morgan fingerprint density at radius 2 is 2.00 bits per heavy atom. The molecule has 0 aliphatic rings. The van der Waals surface area contributed by atoms with Crippen LogP contribution in [0.15, 0.2) is 12.1 Å². The Labute approximate surface area is 122 Å². The number of nitrogens with zero attached hydrogens (tertiary/aromatic N) is 2. The van der Waals surface area contributed by atoms with Crippen LogP contribution in [0.25, 0.3) is 0 Å². The van der Waals surface area contributed by atoms with E-state index >= 15 is 0 Å². The third kappa shape index (κ3) is 5.96. The molecule has 0 saturated carbocycles. The zero-order chi connectivity index (χ0) is 15.3. The molecule has 0 unspecified atom stereocenters. The first-order valence-electron chi connectivity index (χ1n) is 6.35. The van der Waals surface area contributed by atoms with Crippen LogP contribution in [-0.4, -0.2) is 30.8 Å². The molecule has 3 nitrogen and oxygen atoms in total. The van der Waals surface area contributed by atoms with Crippen LogP contribution in [0.1, 0.15) is 26.0 Å². The minimum absolute atomic E-state index is 0.130. The lowest BCUT2D eigenvalue weighted by atomic mass is 10.3. The molecule has 0 bridgehead atoms. The number of hydrogen-bond acceptors (Lipinski definition) is 3. The van der Waals surface area contributed by atoms with Gasteiger partial charge in [0.05, 0.1) is 17.1 Å². The first-order valence-corrected chi connectivity index (χ1v) is 6.73. The standard InChI is InChI=1S/C13H19ClF3N3/c1-9(2)18-8-11-10(14)4-5-12(19-11)20(3)7-6-13(15,16)17/h4-5,9,18H,6-8H2,1-3H3. The monoisotopic (exact) mass is 309 g/mol. The molecule has 1 aromatic rings. The summed E-state index contributed by atoms with van der Waals surface area (Å²) in [6, 6.07) is 3.56. The number of nitrogens with one attached hydrogen (secondary N) is 1. The van der Waals surface area contributed by atoms with E-state index < -0.39 is 12.6 Å². The highest BCUT2D eigenvalue weighted by atomic mass is 35.5. The smallest absolute Gasteiger partial charge is 0.359 e. The fourth-order valence-electron chi connectivity index (χ4n) is 1.52. The van der Waals surface area contributed by atoms with Crippen molar-refractivity contribution in [3.8, 4) is 0 Å². The zero-order valence-electron chi connectivity index (χ0n) is 11.8. The average Bonchev–Trinajstić information content (AvgIpc) is 2.34. The van der Waals surface area contributed by atoms with E-state index in [9.17, 15) is 13.2 Å². The number of alkyl halides is 3. The van der Waals surface area contributed by atoms with Crippen molar-refractivity contribution in [2.24, 2.45) is 0 Å². The van der Waals surface area contributed by atoms with Gasteiger partial charge in [0.25, 0.3) is 0 Å². The van der Waals surface area contributed by atoms with Gasteiger partial charge in [-0.25, -0.2) is 4.98 Å². The second-order valence-corrected chi connectivity index (χ2v) is 5.33.